The smallest absolute Gasteiger partial charge is 0.349 e. The van der Waals surface area contributed by atoms with Gasteiger partial charge in [0.1, 0.15) is 4.88 Å². The third-order valence-electron chi connectivity index (χ3n) is 3.36. The zero-order valence-electron chi connectivity index (χ0n) is 11.5. The third kappa shape index (κ3) is 3.65. The van der Waals surface area contributed by atoms with Crippen LogP contribution in [0.5, 0.6) is 0 Å². The number of carbonyl (C=O) groups is 1. The van der Waals surface area contributed by atoms with Gasteiger partial charge >= 0.3 is 5.97 Å². The summed E-state index contributed by atoms with van der Waals surface area (Å²) in [6.45, 7) is 4.05. The van der Waals surface area contributed by atoms with E-state index in [0.29, 0.717) is 10.9 Å². The van der Waals surface area contributed by atoms with Crippen LogP contribution < -0.4 is 5.32 Å². The van der Waals surface area contributed by atoms with Crippen LogP contribution in [0.3, 0.4) is 0 Å². The molecule has 0 spiro atoms. The van der Waals surface area contributed by atoms with Crippen LogP contribution in [0.1, 0.15) is 9.67 Å². The summed E-state index contributed by atoms with van der Waals surface area (Å²) in [7, 11) is 5.65. The Morgan fingerprint density at radius 1 is 1.58 bits per heavy atom. The molecular weight excluding hydrogens is 264 g/mol. The van der Waals surface area contributed by atoms with Gasteiger partial charge in [0.25, 0.3) is 0 Å². The maximum atomic E-state index is 11.3. The summed E-state index contributed by atoms with van der Waals surface area (Å²) in [6, 6.07) is 0.462. The normalized spacial score (nSPS) is 21.3. The fraction of sp³-hybridized carbons (Fsp3) is 0.667. The molecule has 0 aliphatic carbocycles. The maximum absolute atomic E-state index is 11.3. The van der Waals surface area contributed by atoms with Crippen molar-refractivity contribution in [2.75, 3.05) is 52.7 Å². The Kier molecular flexibility index (Phi) is 4.73. The second-order valence-corrected chi connectivity index (χ2v) is 5.83. The first kappa shape index (κ1) is 14.2. The average Bonchev–Trinajstić information content (AvgIpc) is 2.88. The van der Waals surface area contributed by atoms with Gasteiger partial charge in [0.05, 0.1) is 13.3 Å². The van der Waals surface area contributed by atoms with E-state index in [-0.39, 0.29) is 5.97 Å². The number of ether oxygens (including phenoxy) is 1. The molecule has 1 N–H and O–H groups in total. The van der Waals surface area contributed by atoms with Gasteiger partial charge in [-0.3, -0.25) is 4.90 Å². The lowest BCUT2D eigenvalue weighted by molar-refractivity contribution is 0.0606. The largest absolute Gasteiger partial charge is 0.465 e. The van der Waals surface area contributed by atoms with Crippen molar-refractivity contribution in [1.82, 2.24) is 14.8 Å². The van der Waals surface area contributed by atoms with Gasteiger partial charge in [-0.1, -0.05) is 11.3 Å². The molecule has 106 valence electrons. The maximum Gasteiger partial charge on any atom is 0.349 e. The van der Waals surface area contributed by atoms with Crippen LogP contribution in [0.2, 0.25) is 0 Å². The number of esters is 1. The summed E-state index contributed by atoms with van der Waals surface area (Å²) in [5.74, 6) is -0.333. The molecule has 0 amide bonds. The van der Waals surface area contributed by atoms with Crippen molar-refractivity contribution in [3.05, 3.63) is 11.1 Å². The van der Waals surface area contributed by atoms with Crippen LogP contribution >= 0.6 is 11.3 Å². The molecule has 2 heterocycles. The van der Waals surface area contributed by atoms with E-state index in [1.165, 1.54) is 18.4 Å². The third-order valence-corrected chi connectivity index (χ3v) is 4.30. The monoisotopic (exact) mass is 284 g/mol. The Balaban J connectivity index is 1.87. The quantitative estimate of drug-likeness (QED) is 0.817. The number of nitrogens with zero attached hydrogens (tertiary/aromatic N) is 3. The summed E-state index contributed by atoms with van der Waals surface area (Å²) in [4.78, 5) is 20.7. The Morgan fingerprint density at radius 3 is 3.11 bits per heavy atom. The van der Waals surface area contributed by atoms with Crippen molar-refractivity contribution in [2.24, 2.45) is 0 Å². The second kappa shape index (κ2) is 6.31. The SMILES string of the molecule is COC(=O)c1cnc(NCC2CN(C)CCN2C)s1. The van der Waals surface area contributed by atoms with E-state index < -0.39 is 0 Å². The van der Waals surface area contributed by atoms with E-state index in [0.717, 1.165) is 31.3 Å². The van der Waals surface area contributed by atoms with E-state index in [4.69, 9.17) is 0 Å². The molecule has 7 heteroatoms. The standard InChI is InChI=1S/C12H20N4O2S/c1-15-4-5-16(2)9(8-15)6-13-12-14-7-10(19-12)11(17)18-3/h7,9H,4-6,8H2,1-3H3,(H,13,14). The van der Waals surface area contributed by atoms with Crippen LogP contribution in [-0.4, -0.2) is 74.2 Å². The lowest BCUT2D eigenvalue weighted by Gasteiger charge is -2.37. The number of anilines is 1. The molecule has 19 heavy (non-hydrogen) atoms. The van der Waals surface area contributed by atoms with Gasteiger partial charge in [0.2, 0.25) is 0 Å². The number of nitrogens with one attached hydrogen (secondary N) is 1. The highest BCUT2D eigenvalue weighted by Gasteiger charge is 2.22. The molecule has 6 nitrogen and oxygen atoms in total. The van der Waals surface area contributed by atoms with Crippen molar-refractivity contribution in [2.45, 2.75) is 6.04 Å². The molecule has 0 radical (unpaired) electrons. The molecule has 1 aromatic rings. The van der Waals surface area contributed by atoms with E-state index in [9.17, 15) is 4.79 Å². The average molecular weight is 284 g/mol. The zero-order chi connectivity index (χ0) is 13.8. The van der Waals surface area contributed by atoms with Gasteiger partial charge in [-0.05, 0) is 14.1 Å². The number of methoxy groups -OCH3 is 1. The van der Waals surface area contributed by atoms with E-state index in [2.05, 4.69) is 38.9 Å². The van der Waals surface area contributed by atoms with Crippen molar-refractivity contribution < 1.29 is 9.53 Å². The molecule has 1 saturated heterocycles. The van der Waals surface area contributed by atoms with Crippen molar-refractivity contribution in [1.29, 1.82) is 0 Å². The molecule has 0 saturated carbocycles. The van der Waals surface area contributed by atoms with Gasteiger partial charge in [-0.15, -0.1) is 0 Å². The summed E-state index contributed by atoms with van der Waals surface area (Å²) >= 11 is 1.33. The molecule has 1 unspecified atom stereocenters. The summed E-state index contributed by atoms with van der Waals surface area (Å²) in [5.41, 5.74) is 0. The van der Waals surface area contributed by atoms with Crippen LogP contribution in [-0.2, 0) is 4.74 Å². The molecule has 1 aromatic heterocycles. The van der Waals surface area contributed by atoms with E-state index >= 15 is 0 Å². The molecule has 1 atom stereocenters. The van der Waals surface area contributed by atoms with Crippen molar-refractivity contribution in [3.63, 3.8) is 0 Å². The first-order valence-electron chi connectivity index (χ1n) is 6.27. The predicted octanol–water partition coefficient (Wildman–Crippen LogP) is 0.587. The predicted molar refractivity (Wildman–Crippen MR) is 75.9 cm³/mol. The highest BCUT2D eigenvalue weighted by molar-refractivity contribution is 7.17. The minimum Gasteiger partial charge on any atom is -0.465 e. The van der Waals surface area contributed by atoms with Crippen molar-refractivity contribution in [3.8, 4) is 0 Å². The fourth-order valence-corrected chi connectivity index (χ4v) is 2.82. The summed E-state index contributed by atoms with van der Waals surface area (Å²) < 4.78 is 4.66. The molecule has 0 bridgehead atoms. The lowest BCUT2D eigenvalue weighted by atomic mass is 10.2. The highest BCUT2D eigenvalue weighted by Crippen LogP contribution is 2.19. The molecule has 0 aromatic carbocycles. The molecule has 1 aliphatic rings. The van der Waals surface area contributed by atoms with Gasteiger partial charge < -0.3 is 15.0 Å². The summed E-state index contributed by atoms with van der Waals surface area (Å²) in [5, 5.41) is 4.06. The lowest BCUT2D eigenvalue weighted by Crippen LogP contribution is -2.52. The molecule has 1 fully saturated rings. The van der Waals surface area contributed by atoms with Crippen LogP contribution in [0.4, 0.5) is 5.13 Å². The van der Waals surface area contributed by atoms with E-state index in [1.807, 2.05) is 0 Å². The zero-order valence-corrected chi connectivity index (χ0v) is 12.4. The Labute approximate surface area is 117 Å². The summed E-state index contributed by atoms with van der Waals surface area (Å²) in [6.07, 6.45) is 1.55. The highest BCUT2D eigenvalue weighted by atomic mass is 32.1. The fourth-order valence-electron chi connectivity index (χ4n) is 2.08. The van der Waals surface area contributed by atoms with Crippen LogP contribution in [0, 0.1) is 0 Å². The van der Waals surface area contributed by atoms with Gasteiger partial charge in [-0.2, -0.15) is 0 Å². The minimum absolute atomic E-state index is 0.333. The Bertz CT molecular complexity index is 437. The number of aromatic nitrogens is 1. The first-order chi connectivity index (χ1) is 9.10. The number of thiazole rings is 1. The van der Waals surface area contributed by atoms with Gasteiger partial charge in [-0.25, -0.2) is 9.78 Å². The number of carbonyl (C=O) groups excluding carboxylic acids is 1. The minimum atomic E-state index is -0.333. The topological polar surface area (TPSA) is 57.7 Å². The molecule has 1 aliphatic heterocycles. The first-order valence-corrected chi connectivity index (χ1v) is 7.08. The van der Waals surface area contributed by atoms with E-state index in [1.54, 1.807) is 6.20 Å². The van der Waals surface area contributed by atoms with Crippen molar-refractivity contribution >= 4 is 22.4 Å². The van der Waals surface area contributed by atoms with Gasteiger partial charge in [0.15, 0.2) is 5.13 Å². The number of hydrogen-bond acceptors (Lipinski definition) is 7. The molecular formula is C12H20N4O2S. The van der Waals surface area contributed by atoms with Crippen LogP contribution in [0.25, 0.3) is 0 Å². The number of rotatable bonds is 4. The van der Waals surface area contributed by atoms with Crippen LogP contribution in [0.15, 0.2) is 6.20 Å². The number of likely N-dealkylation sites (N-methyl/N-ethyl adjacent to an activating group) is 2. The Hall–Kier alpha value is -1.18. The number of piperazine rings is 1. The second-order valence-electron chi connectivity index (χ2n) is 4.80. The van der Waals surface area contributed by atoms with Gasteiger partial charge in [0, 0.05) is 32.2 Å². The molecule has 2 rings (SSSR count). The Morgan fingerprint density at radius 2 is 2.37 bits per heavy atom. The number of hydrogen-bond donors (Lipinski definition) is 1.